The molecule has 1 aliphatic rings. The maximum Gasteiger partial charge on any atom is 0.404 e. The summed E-state index contributed by atoms with van der Waals surface area (Å²) in [5, 5.41) is 3.09. The van der Waals surface area contributed by atoms with Crippen molar-refractivity contribution in [1.29, 1.82) is 0 Å². The summed E-state index contributed by atoms with van der Waals surface area (Å²) in [6.07, 6.45) is -1.12. The van der Waals surface area contributed by atoms with Crippen molar-refractivity contribution in [2.45, 2.75) is 12.0 Å². The molecule has 4 nitrogen and oxygen atoms in total. The average Bonchev–Trinajstić information content (AvgIpc) is 2.65. The third-order valence-corrected chi connectivity index (χ3v) is 2.70. The number of hydrogen-bond donors (Lipinski definition) is 2. The van der Waals surface area contributed by atoms with Gasteiger partial charge in [-0.25, -0.2) is 9.18 Å². The number of primary amides is 1. The number of rotatable bonds is 2. The molecule has 2 unspecified atom stereocenters. The van der Waals surface area contributed by atoms with E-state index in [0.717, 1.165) is 5.56 Å². The van der Waals surface area contributed by atoms with Gasteiger partial charge in [0, 0.05) is 19.0 Å². The summed E-state index contributed by atoms with van der Waals surface area (Å²) in [6.45, 7) is 1.20. The predicted octanol–water partition coefficient (Wildman–Crippen LogP) is 0.976. The molecule has 1 amide bonds. The minimum atomic E-state index is -0.796. The van der Waals surface area contributed by atoms with E-state index in [-0.39, 0.29) is 17.8 Å². The van der Waals surface area contributed by atoms with Gasteiger partial charge in [-0.2, -0.15) is 0 Å². The molecule has 86 valence electrons. The van der Waals surface area contributed by atoms with E-state index in [4.69, 9.17) is 10.5 Å². The standard InChI is InChI=1S/C11H13FN2O2/c12-8-3-1-2-7(4-8)9-5-14-6-10(9)16-11(13)15/h1-4,9-10,14H,5-6H2,(H2,13,15). The molecule has 0 radical (unpaired) electrons. The number of halogens is 1. The van der Waals surface area contributed by atoms with Gasteiger partial charge in [0.2, 0.25) is 0 Å². The van der Waals surface area contributed by atoms with E-state index < -0.39 is 6.09 Å². The van der Waals surface area contributed by atoms with Gasteiger partial charge < -0.3 is 15.8 Å². The zero-order chi connectivity index (χ0) is 11.5. The first-order valence-electron chi connectivity index (χ1n) is 5.09. The Labute approximate surface area is 92.6 Å². The first kappa shape index (κ1) is 10.9. The highest BCUT2D eigenvalue weighted by Gasteiger charge is 2.31. The summed E-state index contributed by atoms with van der Waals surface area (Å²) < 4.78 is 18.0. The Bertz CT molecular complexity index is 397. The van der Waals surface area contributed by atoms with Crippen molar-refractivity contribution in [3.05, 3.63) is 35.6 Å². The lowest BCUT2D eigenvalue weighted by molar-refractivity contribution is 0.108. The summed E-state index contributed by atoms with van der Waals surface area (Å²) in [5.74, 6) is -0.328. The molecule has 0 bridgehead atoms. The SMILES string of the molecule is NC(=O)OC1CNCC1c1cccc(F)c1. The van der Waals surface area contributed by atoms with Crippen molar-refractivity contribution < 1.29 is 13.9 Å². The monoisotopic (exact) mass is 224 g/mol. The van der Waals surface area contributed by atoms with Gasteiger partial charge in [0.25, 0.3) is 0 Å². The number of nitrogens with one attached hydrogen (secondary N) is 1. The average molecular weight is 224 g/mol. The Hall–Kier alpha value is -1.62. The lowest BCUT2D eigenvalue weighted by Gasteiger charge is -2.18. The number of carbonyl (C=O) groups is 1. The normalized spacial score (nSPS) is 24.3. The van der Waals surface area contributed by atoms with Crippen molar-refractivity contribution in [1.82, 2.24) is 5.32 Å². The smallest absolute Gasteiger partial charge is 0.404 e. The quantitative estimate of drug-likeness (QED) is 0.787. The van der Waals surface area contributed by atoms with Crippen LogP contribution >= 0.6 is 0 Å². The van der Waals surface area contributed by atoms with Crippen LogP contribution in [-0.2, 0) is 4.74 Å². The van der Waals surface area contributed by atoms with Gasteiger partial charge in [-0.3, -0.25) is 0 Å². The zero-order valence-electron chi connectivity index (χ0n) is 8.65. The van der Waals surface area contributed by atoms with Gasteiger partial charge in [0.05, 0.1) is 0 Å². The third-order valence-electron chi connectivity index (χ3n) is 2.70. The molecule has 0 saturated carbocycles. The van der Waals surface area contributed by atoms with Gasteiger partial charge in [-0.15, -0.1) is 0 Å². The molecule has 16 heavy (non-hydrogen) atoms. The lowest BCUT2D eigenvalue weighted by atomic mass is 9.96. The molecule has 2 atom stereocenters. The van der Waals surface area contributed by atoms with Gasteiger partial charge in [0.15, 0.2) is 0 Å². The molecule has 1 saturated heterocycles. The summed E-state index contributed by atoms with van der Waals surface area (Å²) in [4.78, 5) is 10.7. The first-order valence-corrected chi connectivity index (χ1v) is 5.09. The number of nitrogens with two attached hydrogens (primary N) is 1. The maximum absolute atomic E-state index is 13.1. The third kappa shape index (κ3) is 2.30. The maximum atomic E-state index is 13.1. The van der Waals surface area contributed by atoms with E-state index in [2.05, 4.69) is 5.32 Å². The van der Waals surface area contributed by atoms with Crippen LogP contribution in [0, 0.1) is 5.82 Å². The summed E-state index contributed by atoms with van der Waals surface area (Å²) >= 11 is 0. The Morgan fingerprint density at radius 2 is 2.31 bits per heavy atom. The second kappa shape index (κ2) is 4.49. The molecule has 5 heteroatoms. The molecule has 2 rings (SSSR count). The van der Waals surface area contributed by atoms with Crippen LogP contribution in [0.3, 0.4) is 0 Å². The van der Waals surface area contributed by atoms with E-state index in [0.29, 0.717) is 13.1 Å². The highest BCUT2D eigenvalue weighted by molar-refractivity contribution is 5.65. The van der Waals surface area contributed by atoms with Gasteiger partial charge >= 0.3 is 6.09 Å². The lowest BCUT2D eigenvalue weighted by Crippen LogP contribution is -2.28. The molecule has 3 N–H and O–H groups in total. The van der Waals surface area contributed by atoms with E-state index >= 15 is 0 Å². The Balaban J connectivity index is 2.16. The molecule has 0 aromatic heterocycles. The Morgan fingerprint density at radius 3 is 3.00 bits per heavy atom. The molecule has 1 heterocycles. The fraction of sp³-hybridized carbons (Fsp3) is 0.364. The van der Waals surface area contributed by atoms with Gasteiger partial charge in [-0.05, 0) is 17.7 Å². The van der Waals surface area contributed by atoms with Crippen molar-refractivity contribution in [2.75, 3.05) is 13.1 Å². The van der Waals surface area contributed by atoms with E-state index in [1.165, 1.54) is 12.1 Å². The van der Waals surface area contributed by atoms with E-state index in [1.807, 2.05) is 6.07 Å². The number of ether oxygens (including phenoxy) is 1. The van der Waals surface area contributed by atoms with Crippen LogP contribution < -0.4 is 11.1 Å². The van der Waals surface area contributed by atoms with Crippen LogP contribution in [0.15, 0.2) is 24.3 Å². The molecule has 0 aliphatic carbocycles. The Morgan fingerprint density at radius 1 is 1.50 bits per heavy atom. The summed E-state index contributed by atoms with van der Waals surface area (Å²) in [5.41, 5.74) is 5.80. The van der Waals surface area contributed by atoms with Crippen LogP contribution in [0.1, 0.15) is 11.5 Å². The van der Waals surface area contributed by atoms with Crippen molar-refractivity contribution in [3.63, 3.8) is 0 Å². The topological polar surface area (TPSA) is 64.4 Å². The number of benzene rings is 1. The Kier molecular flexibility index (Phi) is 3.05. The summed E-state index contributed by atoms with van der Waals surface area (Å²) in [6, 6.07) is 6.30. The minimum absolute atomic E-state index is 0.0387. The highest BCUT2D eigenvalue weighted by Crippen LogP contribution is 2.25. The first-order chi connectivity index (χ1) is 7.66. The minimum Gasteiger partial charge on any atom is -0.444 e. The second-order valence-corrected chi connectivity index (χ2v) is 3.80. The summed E-state index contributed by atoms with van der Waals surface area (Å²) in [7, 11) is 0. The van der Waals surface area contributed by atoms with Crippen molar-refractivity contribution >= 4 is 6.09 Å². The van der Waals surface area contributed by atoms with Crippen LogP contribution in [0.2, 0.25) is 0 Å². The molecular formula is C11H13FN2O2. The number of amides is 1. The van der Waals surface area contributed by atoms with E-state index in [1.54, 1.807) is 6.07 Å². The number of carbonyl (C=O) groups excluding carboxylic acids is 1. The predicted molar refractivity (Wildman–Crippen MR) is 56.5 cm³/mol. The van der Waals surface area contributed by atoms with Gasteiger partial charge in [-0.1, -0.05) is 12.1 Å². The van der Waals surface area contributed by atoms with Crippen molar-refractivity contribution in [2.24, 2.45) is 5.73 Å². The molecule has 1 aromatic carbocycles. The van der Waals surface area contributed by atoms with Crippen LogP contribution in [0.25, 0.3) is 0 Å². The second-order valence-electron chi connectivity index (χ2n) is 3.80. The number of hydrogen-bond acceptors (Lipinski definition) is 3. The van der Waals surface area contributed by atoms with Crippen molar-refractivity contribution in [3.8, 4) is 0 Å². The molecule has 0 spiro atoms. The van der Waals surface area contributed by atoms with Crippen LogP contribution in [0.4, 0.5) is 9.18 Å². The molecule has 1 fully saturated rings. The molecule has 1 aromatic rings. The largest absolute Gasteiger partial charge is 0.444 e. The fourth-order valence-corrected chi connectivity index (χ4v) is 2.00. The van der Waals surface area contributed by atoms with Crippen LogP contribution in [-0.4, -0.2) is 25.3 Å². The van der Waals surface area contributed by atoms with E-state index in [9.17, 15) is 9.18 Å². The molecule has 1 aliphatic heterocycles. The highest BCUT2D eigenvalue weighted by atomic mass is 19.1. The van der Waals surface area contributed by atoms with Crippen LogP contribution in [0.5, 0.6) is 0 Å². The molecular weight excluding hydrogens is 211 g/mol. The zero-order valence-corrected chi connectivity index (χ0v) is 8.65. The van der Waals surface area contributed by atoms with Gasteiger partial charge in [0.1, 0.15) is 11.9 Å². The fourth-order valence-electron chi connectivity index (χ4n) is 2.00.